The van der Waals surface area contributed by atoms with Crippen molar-refractivity contribution < 1.29 is 14.6 Å². The van der Waals surface area contributed by atoms with Crippen LogP contribution < -0.4 is 5.32 Å². The average Bonchev–Trinajstić information content (AvgIpc) is 2.48. The molecule has 19 heavy (non-hydrogen) atoms. The molecule has 0 bridgehead atoms. The highest BCUT2D eigenvalue weighted by molar-refractivity contribution is 5.74. The van der Waals surface area contributed by atoms with Crippen LogP contribution in [-0.4, -0.2) is 55.0 Å². The lowest BCUT2D eigenvalue weighted by atomic mass is 9.77. The van der Waals surface area contributed by atoms with Gasteiger partial charge in [-0.15, -0.1) is 0 Å². The van der Waals surface area contributed by atoms with Gasteiger partial charge in [-0.1, -0.05) is 6.92 Å². The van der Waals surface area contributed by atoms with E-state index in [1.165, 1.54) is 0 Å². The molecule has 110 valence electrons. The predicted octanol–water partition coefficient (Wildman–Crippen LogP) is 1.36. The Morgan fingerprint density at radius 2 is 2.00 bits per heavy atom. The van der Waals surface area contributed by atoms with Gasteiger partial charge in [0.05, 0.1) is 0 Å². The zero-order chi connectivity index (χ0) is 13.7. The third kappa shape index (κ3) is 3.60. The lowest BCUT2D eigenvalue weighted by Gasteiger charge is -2.40. The quantitative estimate of drug-likeness (QED) is 0.814. The summed E-state index contributed by atoms with van der Waals surface area (Å²) in [5, 5.41) is 12.6. The number of likely N-dealkylation sites (tertiary alicyclic amines) is 1. The van der Waals surface area contributed by atoms with Crippen LogP contribution >= 0.6 is 0 Å². The van der Waals surface area contributed by atoms with Crippen LogP contribution in [0.3, 0.4) is 0 Å². The van der Waals surface area contributed by atoms with Gasteiger partial charge in [-0.05, 0) is 37.5 Å². The zero-order valence-corrected chi connectivity index (χ0v) is 11.9. The maximum absolute atomic E-state index is 12.2. The van der Waals surface area contributed by atoms with E-state index < -0.39 is 0 Å². The summed E-state index contributed by atoms with van der Waals surface area (Å²) in [5.41, 5.74) is 0.0372. The smallest absolute Gasteiger partial charge is 0.317 e. The first kappa shape index (κ1) is 14.6. The van der Waals surface area contributed by atoms with E-state index in [9.17, 15) is 9.90 Å². The molecule has 0 unspecified atom stereocenters. The lowest BCUT2D eigenvalue weighted by Crippen LogP contribution is -2.51. The molecule has 0 saturated carbocycles. The van der Waals surface area contributed by atoms with E-state index in [1.54, 1.807) is 0 Å². The van der Waals surface area contributed by atoms with E-state index in [-0.39, 0.29) is 24.1 Å². The molecule has 5 nitrogen and oxygen atoms in total. The van der Waals surface area contributed by atoms with Crippen LogP contribution in [0.5, 0.6) is 0 Å². The monoisotopic (exact) mass is 270 g/mol. The molecule has 2 amide bonds. The van der Waals surface area contributed by atoms with Crippen molar-refractivity contribution in [2.24, 2.45) is 5.41 Å². The van der Waals surface area contributed by atoms with Gasteiger partial charge in [-0.25, -0.2) is 4.79 Å². The van der Waals surface area contributed by atoms with Crippen molar-refractivity contribution in [2.75, 3.05) is 32.9 Å². The summed E-state index contributed by atoms with van der Waals surface area (Å²) in [7, 11) is 0. The topological polar surface area (TPSA) is 61.8 Å². The first-order valence-corrected chi connectivity index (χ1v) is 7.43. The van der Waals surface area contributed by atoms with Crippen molar-refractivity contribution >= 4 is 6.03 Å². The molecule has 5 heteroatoms. The Labute approximate surface area is 115 Å². The molecule has 2 fully saturated rings. The number of carbonyl (C=O) groups excluding carboxylic acids is 1. The minimum atomic E-state index is 0.0372. The molecule has 2 aliphatic heterocycles. The maximum Gasteiger partial charge on any atom is 0.317 e. The fourth-order valence-corrected chi connectivity index (χ4v) is 2.92. The highest BCUT2D eigenvalue weighted by Crippen LogP contribution is 2.34. The number of hydrogen-bond donors (Lipinski definition) is 2. The van der Waals surface area contributed by atoms with Gasteiger partial charge in [-0.3, -0.25) is 0 Å². The number of ether oxygens (including phenoxy) is 1. The van der Waals surface area contributed by atoms with Crippen LogP contribution in [0.25, 0.3) is 0 Å². The van der Waals surface area contributed by atoms with Gasteiger partial charge in [0.1, 0.15) is 0 Å². The van der Waals surface area contributed by atoms with Gasteiger partial charge >= 0.3 is 6.03 Å². The Balaban J connectivity index is 1.78. The van der Waals surface area contributed by atoms with Crippen molar-refractivity contribution in [3.8, 4) is 0 Å². The number of piperidine rings is 1. The van der Waals surface area contributed by atoms with Crippen LogP contribution in [0.2, 0.25) is 0 Å². The number of aliphatic hydroxyl groups excluding tert-OH is 1. The second-order valence-corrected chi connectivity index (χ2v) is 5.83. The molecule has 0 spiro atoms. The number of urea groups is 1. The Morgan fingerprint density at radius 3 is 2.53 bits per heavy atom. The zero-order valence-electron chi connectivity index (χ0n) is 11.9. The highest BCUT2D eigenvalue weighted by Gasteiger charge is 2.34. The van der Waals surface area contributed by atoms with E-state index in [4.69, 9.17) is 4.74 Å². The van der Waals surface area contributed by atoms with Crippen molar-refractivity contribution in [3.05, 3.63) is 0 Å². The summed E-state index contributed by atoms with van der Waals surface area (Å²) >= 11 is 0. The molecule has 0 aromatic carbocycles. The molecule has 0 aromatic rings. The van der Waals surface area contributed by atoms with Gasteiger partial charge in [0, 0.05) is 39.0 Å². The number of carbonyl (C=O) groups is 1. The van der Waals surface area contributed by atoms with E-state index in [1.807, 2.05) is 4.90 Å². The molecular formula is C14H26N2O3. The number of nitrogens with one attached hydrogen (secondary N) is 1. The summed E-state index contributed by atoms with van der Waals surface area (Å²) in [5.74, 6) is 0. The minimum Gasteiger partial charge on any atom is -0.396 e. The van der Waals surface area contributed by atoms with Crippen molar-refractivity contribution in [1.29, 1.82) is 0 Å². The van der Waals surface area contributed by atoms with Crippen LogP contribution in [-0.2, 0) is 4.74 Å². The molecule has 2 heterocycles. The average molecular weight is 270 g/mol. The first-order valence-electron chi connectivity index (χ1n) is 7.43. The number of amides is 2. The number of rotatable bonds is 3. The molecule has 0 atom stereocenters. The van der Waals surface area contributed by atoms with Gasteiger partial charge in [-0.2, -0.15) is 0 Å². The second kappa shape index (κ2) is 6.57. The second-order valence-electron chi connectivity index (χ2n) is 5.83. The number of nitrogens with zero attached hydrogens (tertiary/aromatic N) is 1. The van der Waals surface area contributed by atoms with Crippen LogP contribution in [0.1, 0.15) is 39.0 Å². The molecule has 2 aliphatic rings. The third-order valence-corrected chi connectivity index (χ3v) is 4.75. The van der Waals surface area contributed by atoms with Crippen molar-refractivity contribution in [1.82, 2.24) is 10.2 Å². The summed E-state index contributed by atoms with van der Waals surface area (Å²) in [6.07, 6.45) is 4.62. The van der Waals surface area contributed by atoms with Gasteiger partial charge in [0.25, 0.3) is 0 Å². The molecule has 0 aromatic heterocycles. The molecule has 0 aliphatic carbocycles. The van der Waals surface area contributed by atoms with E-state index in [0.717, 1.165) is 58.4 Å². The molecule has 2 saturated heterocycles. The summed E-state index contributed by atoms with van der Waals surface area (Å²) in [4.78, 5) is 14.1. The predicted molar refractivity (Wildman–Crippen MR) is 73.0 cm³/mol. The van der Waals surface area contributed by atoms with Crippen molar-refractivity contribution in [2.45, 2.75) is 45.1 Å². The fourth-order valence-electron chi connectivity index (χ4n) is 2.92. The third-order valence-electron chi connectivity index (χ3n) is 4.75. The molecule has 0 radical (unpaired) electrons. The van der Waals surface area contributed by atoms with Crippen LogP contribution in [0.15, 0.2) is 0 Å². The SMILES string of the molecule is CCC1(CO)CCN(C(=O)NC2CCOCC2)CC1. The van der Waals surface area contributed by atoms with Gasteiger partial charge in [0.15, 0.2) is 0 Å². The van der Waals surface area contributed by atoms with Crippen molar-refractivity contribution in [3.63, 3.8) is 0 Å². The van der Waals surface area contributed by atoms with Crippen LogP contribution in [0, 0.1) is 5.41 Å². The summed E-state index contributed by atoms with van der Waals surface area (Å²) in [6, 6.07) is 0.312. The Hall–Kier alpha value is -0.810. The summed E-state index contributed by atoms with van der Waals surface area (Å²) in [6.45, 7) is 5.35. The standard InChI is InChI=1S/C14H26N2O3/c1-2-14(11-17)5-7-16(8-6-14)13(18)15-12-3-9-19-10-4-12/h12,17H,2-11H2,1H3,(H,15,18). The molecule has 2 N–H and O–H groups in total. The van der Waals surface area contributed by atoms with Crippen LogP contribution in [0.4, 0.5) is 4.79 Å². The minimum absolute atomic E-state index is 0.0372. The molecule has 2 rings (SSSR count). The van der Waals surface area contributed by atoms with Gasteiger partial charge in [0.2, 0.25) is 0 Å². The van der Waals surface area contributed by atoms with E-state index >= 15 is 0 Å². The Kier molecular flexibility index (Phi) is 5.05. The van der Waals surface area contributed by atoms with E-state index in [0.29, 0.717) is 0 Å². The molecular weight excluding hydrogens is 244 g/mol. The summed E-state index contributed by atoms with van der Waals surface area (Å²) < 4.78 is 5.29. The Morgan fingerprint density at radius 1 is 1.37 bits per heavy atom. The normalized spacial score (nSPS) is 24.2. The van der Waals surface area contributed by atoms with E-state index in [2.05, 4.69) is 12.2 Å². The first-order chi connectivity index (χ1) is 9.19. The highest BCUT2D eigenvalue weighted by atomic mass is 16.5. The Bertz CT molecular complexity index is 289. The van der Waals surface area contributed by atoms with Gasteiger partial charge < -0.3 is 20.1 Å². The maximum atomic E-state index is 12.2. The lowest BCUT2D eigenvalue weighted by molar-refractivity contribution is 0.0482. The largest absolute Gasteiger partial charge is 0.396 e. The number of aliphatic hydroxyl groups is 1. The number of hydrogen-bond acceptors (Lipinski definition) is 3. The fraction of sp³-hybridized carbons (Fsp3) is 0.929.